The average molecular weight is 327 g/mol. The van der Waals surface area contributed by atoms with E-state index in [0.29, 0.717) is 0 Å². The van der Waals surface area contributed by atoms with Crippen LogP contribution in [0, 0.1) is 5.82 Å². The number of esters is 2. The molecule has 2 rings (SSSR count). The lowest BCUT2D eigenvalue weighted by atomic mass is 10.2. The lowest BCUT2D eigenvalue weighted by Gasteiger charge is -2.10. The first-order valence-corrected chi connectivity index (χ1v) is 6.52. The van der Waals surface area contributed by atoms with E-state index < -0.39 is 17.8 Å². The molecule has 6 nitrogen and oxygen atoms in total. The molecule has 0 saturated carbocycles. The smallest absolute Gasteiger partial charge is 0.359 e. The number of carbonyl (C=O) groups is 2. The Balaban J connectivity index is 2.50. The average Bonchev–Trinajstić information content (AvgIpc) is 2.93. The molecule has 0 aliphatic rings. The van der Waals surface area contributed by atoms with Gasteiger partial charge in [-0.05, 0) is 12.1 Å². The van der Waals surface area contributed by atoms with Crippen molar-refractivity contribution in [1.29, 1.82) is 0 Å². The van der Waals surface area contributed by atoms with Crippen molar-refractivity contribution in [3.63, 3.8) is 0 Å². The van der Waals surface area contributed by atoms with Crippen LogP contribution < -0.4 is 0 Å². The Morgan fingerprint density at radius 1 is 1.27 bits per heavy atom. The summed E-state index contributed by atoms with van der Waals surface area (Å²) in [6.45, 7) is -0.0834. The van der Waals surface area contributed by atoms with Crippen LogP contribution >= 0.6 is 11.6 Å². The summed E-state index contributed by atoms with van der Waals surface area (Å²) in [5.74, 6) is -2.11. The number of carbonyl (C=O) groups excluding carboxylic acids is 2. The molecule has 1 aromatic carbocycles. The molecule has 0 aliphatic heterocycles. The zero-order valence-corrected chi connectivity index (χ0v) is 12.6. The van der Waals surface area contributed by atoms with Gasteiger partial charge < -0.3 is 14.0 Å². The molecule has 0 fully saturated rings. The first-order valence-electron chi connectivity index (χ1n) is 6.14. The fourth-order valence-electron chi connectivity index (χ4n) is 1.91. The fraction of sp³-hybridized carbons (Fsp3) is 0.214. The maximum atomic E-state index is 13.9. The SMILES string of the molecule is COC(=O)c1ncn(Cc2c(F)cccc2Cl)c1C(=O)OC. The van der Waals surface area contributed by atoms with Gasteiger partial charge in [-0.3, -0.25) is 0 Å². The summed E-state index contributed by atoms with van der Waals surface area (Å²) in [6.07, 6.45) is 1.22. The summed E-state index contributed by atoms with van der Waals surface area (Å²) in [7, 11) is 2.33. The summed E-state index contributed by atoms with van der Waals surface area (Å²) < 4.78 is 24.3. The number of nitrogens with zero attached hydrogens (tertiary/aromatic N) is 2. The maximum Gasteiger partial charge on any atom is 0.359 e. The predicted octanol–water partition coefficient (Wildman–Crippen LogP) is 2.30. The summed E-state index contributed by atoms with van der Waals surface area (Å²) in [5, 5.41) is 0.198. The number of aromatic nitrogens is 2. The fourth-order valence-corrected chi connectivity index (χ4v) is 2.14. The Labute approximate surface area is 130 Å². The van der Waals surface area contributed by atoms with Crippen molar-refractivity contribution in [3.8, 4) is 0 Å². The highest BCUT2D eigenvalue weighted by Gasteiger charge is 2.26. The molecule has 0 spiro atoms. The molecule has 0 amide bonds. The Morgan fingerprint density at radius 2 is 1.95 bits per heavy atom. The molecule has 2 aromatic rings. The van der Waals surface area contributed by atoms with Crippen LogP contribution in [0.15, 0.2) is 24.5 Å². The standard InChI is InChI=1S/C14H12ClFN2O4/c1-21-13(19)11-12(14(20)22-2)18(7-17-11)6-8-9(15)4-3-5-10(8)16/h3-5,7H,6H2,1-2H3. The second-order valence-corrected chi connectivity index (χ2v) is 4.66. The van der Waals surface area contributed by atoms with Crippen molar-refractivity contribution in [2.24, 2.45) is 0 Å². The lowest BCUT2D eigenvalue weighted by Crippen LogP contribution is -2.16. The Hall–Kier alpha value is -2.41. The van der Waals surface area contributed by atoms with Crippen molar-refractivity contribution in [3.05, 3.63) is 52.3 Å². The molecule has 0 saturated heterocycles. The minimum atomic E-state index is -0.793. The van der Waals surface area contributed by atoms with Crippen LogP contribution in [0.3, 0.4) is 0 Å². The van der Waals surface area contributed by atoms with E-state index in [9.17, 15) is 14.0 Å². The number of ether oxygens (including phenoxy) is 2. The summed E-state index contributed by atoms with van der Waals surface area (Å²) >= 11 is 5.96. The van der Waals surface area contributed by atoms with Gasteiger partial charge in [0.1, 0.15) is 5.82 Å². The number of hydrogen-bond donors (Lipinski definition) is 0. The third-order valence-electron chi connectivity index (χ3n) is 2.99. The van der Waals surface area contributed by atoms with Crippen molar-refractivity contribution in [1.82, 2.24) is 9.55 Å². The van der Waals surface area contributed by atoms with E-state index >= 15 is 0 Å². The number of imidazole rings is 1. The number of methoxy groups -OCH3 is 2. The monoisotopic (exact) mass is 326 g/mol. The molecular formula is C14H12ClFN2O4. The van der Waals surface area contributed by atoms with Crippen molar-refractivity contribution < 1.29 is 23.5 Å². The normalized spacial score (nSPS) is 10.4. The number of rotatable bonds is 4. The molecule has 1 heterocycles. The highest BCUT2D eigenvalue weighted by Crippen LogP contribution is 2.22. The predicted molar refractivity (Wildman–Crippen MR) is 75.4 cm³/mol. The molecule has 0 N–H and O–H groups in total. The molecule has 0 bridgehead atoms. The third-order valence-corrected chi connectivity index (χ3v) is 3.34. The van der Waals surface area contributed by atoms with Gasteiger partial charge in [0.2, 0.25) is 0 Å². The summed E-state index contributed by atoms with van der Waals surface area (Å²) in [5.41, 5.74) is -0.168. The molecule has 0 unspecified atom stereocenters. The Bertz CT molecular complexity index is 709. The van der Waals surface area contributed by atoms with Crippen molar-refractivity contribution >= 4 is 23.5 Å². The third kappa shape index (κ3) is 2.94. The summed E-state index contributed by atoms with van der Waals surface area (Å²) in [6, 6.07) is 4.24. The van der Waals surface area contributed by atoms with E-state index in [1.165, 1.54) is 29.1 Å². The van der Waals surface area contributed by atoms with Crippen LogP contribution in [-0.2, 0) is 16.0 Å². The van der Waals surface area contributed by atoms with Gasteiger partial charge in [-0.25, -0.2) is 19.0 Å². The van der Waals surface area contributed by atoms with E-state index in [1.54, 1.807) is 0 Å². The van der Waals surface area contributed by atoms with E-state index in [4.69, 9.17) is 11.6 Å². The van der Waals surface area contributed by atoms with Crippen LogP contribution in [0.1, 0.15) is 26.5 Å². The van der Waals surface area contributed by atoms with Crippen LogP contribution in [0.2, 0.25) is 5.02 Å². The highest BCUT2D eigenvalue weighted by molar-refractivity contribution is 6.31. The Morgan fingerprint density at radius 3 is 2.55 bits per heavy atom. The molecule has 0 aliphatic carbocycles. The molecule has 22 heavy (non-hydrogen) atoms. The Kier molecular flexibility index (Phi) is 4.77. The minimum absolute atomic E-state index is 0.0834. The van der Waals surface area contributed by atoms with Gasteiger partial charge >= 0.3 is 11.9 Å². The molecule has 116 valence electrons. The maximum absolute atomic E-state index is 13.9. The van der Waals surface area contributed by atoms with Gasteiger partial charge in [-0.2, -0.15) is 0 Å². The van der Waals surface area contributed by atoms with Gasteiger partial charge in [0.15, 0.2) is 11.4 Å². The van der Waals surface area contributed by atoms with Crippen LogP contribution in [0.25, 0.3) is 0 Å². The molecular weight excluding hydrogens is 315 g/mol. The first kappa shape index (κ1) is 16.0. The lowest BCUT2D eigenvalue weighted by molar-refractivity contribution is 0.0544. The zero-order valence-electron chi connectivity index (χ0n) is 11.8. The second kappa shape index (κ2) is 6.57. The zero-order chi connectivity index (χ0) is 16.3. The van der Waals surface area contributed by atoms with Crippen LogP contribution in [-0.4, -0.2) is 35.7 Å². The molecule has 0 atom stereocenters. The summed E-state index contributed by atoms with van der Waals surface area (Å²) in [4.78, 5) is 27.4. The van der Waals surface area contributed by atoms with E-state index in [1.807, 2.05) is 0 Å². The van der Waals surface area contributed by atoms with Gasteiger partial charge in [0, 0.05) is 10.6 Å². The van der Waals surface area contributed by atoms with Gasteiger partial charge in [-0.1, -0.05) is 17.7 Å². The van der Waals surface area contributed by atoms with Gasteiger partial charge in [-0.15, -0.1) is 0 Å². The number of halogens is 2. The minimum Gasteiger partial charge on any atom is -0.464 e. The largest absolute Gasteiger partial charge is 0.464 e. The topological polar surface area (TPSA) is 70.4 Å². The van der Waals surface area contributed by atoms with Gasteiger partial charge in [0.25, 0.3) is 0 Å². The molecule has 0 radical (unpaired) electrons. The van der Waals surface area contributed by atoms with Gasteiger partial charge in [0.05, 0.1) is 27.1 Å². The van der Waals surface area contributed by atoms with E-state index in [0.717, 1.165) is 14.2 Å². The second-order valence-electron chi connectivity index (χ2n) is 4.25. The van der Waals surface area contributed by atoms with Crippen molar-refractivity contribution in [2.45, 2.75) is 6.54 Å². The quantitative estimate of drug-likeness (QED) is 0.806. The highest BCUT2D eigenvalue weighted by atomic mass is 35.5. The van der Waals surface area contributed by atoms with Crippen LogP contribution in [0.5, 0.6) is 0 Å². The van der Waals surface area contributed by atoms with Crippen LogP contribution in [0.4, 0.5) is 4.39 Å². The first-order chi connectivity index (χ1) is 10.5. The van der Waals surface area contributed by atoms with E-state index in [-0.39, 0.29) is 28.5 Å². The molecule has 1 aromatic heterocycles. The number of hydrogen-bond acceptors (Lipinski definition) is 5. The van der Waals surface area contributed by atoms with Crippen molar-refractivity contribution in [2.75, 3.05) is 14.2 Å². The van der Waals surface area contributed by atoms with E-state index in [2.05, 4.69) is 14.5 Å². The number of benzene rings is 1. The molecule has 8 heteroatoms.